The van der Waals surface area contributed by atoms with E-state index in [4.69, 9.17) is 5.73 Å². The fourth-order valence-corrected chi connectivity index (χ4v) is 16.0. The van der Waals surface area contributed by atoms with Gasteiger partial charge in [0.25, 0.3) is 0 Å². The lowest BCUT2D eigenvalue weighted by molar-refractivity contribution is 0.0189. The molecule has 3 N–H and O–H groups in total. The molecule has 2 saturated carbocycles. The number of nitrogens with one attached hydrogen (secondary N) is 1. The third kappa shape index (κ3) is 4.52. The van der Waals surface area contributed by atoms with Crippen molar-refractivity contribution in [3.63, 3.8) is 0 Å². The molecule has 2 heteroatoms. The van der Waals surface area contributed by atoms with Gasteiger partial charge in [-0.05, 0) is 161 Å². The van der Waals surface area contributed by atoms with Crippen LogP contribution in [0.15, 0.2) is 94.3 Å². The molecule has 11 rings (SSSR count). The van der Waals surface area contributed by atoms with E-state index in [1.807, 2.05) is 27.9 Å². The Hall–Kier alpha value is -2.58. The summed E-state index contributed by atoms with van der Waals surface area (Å²) in [7, 11) is 0. The average molecular weight is 693 g/mol. The summed E-state index contributed by atoms with van der Waals surface area (Å²) in [5.41, 5.74) is 21.3. The molecule has 2 fully saturated rings. The summed E-state index contributed by atoms with van der Waals surface area (Å²) in [6.45, 7) is 0. The molecule has 1 aromatic rings. The summed E-state index contributed by atoms with van der Waals surface area (Å²) in [4.78, 5) is 0. The lowest BCUT2D eigenvalue weighted by Crippen LogP contribution is -2.59. The Balaban J connectivity index is 1.10. The fraction of sp³-hybridized carbons (Fsp3) is 0.640. The van der Waals surface area contributed by atoms with Crippen LogP contribution in [0, 0.1) is 40.9 Å². The van der Waals surface area contributed by atoms with Gasteiger partial charge in [0.2, 0.25) is 0 Å². The Morgan fingerprint density at radius 2 is 1.54 bits per heavy atom. The van der Waals surface area contributed by atoms with E-state index in [0.29, 0.717) is 29.8 Å². The summed E-state index contributed by atoms with van der Waals surface area (Å²) in [6, 6.07) is 11.3. The molecule has 52 heavy (non-hydrogen) atoms. The van der Waals surface area contributed by atoms with Gasteiger partial charge in [-0.2, -0.15) is 0 Å². The van der Waals surface area contributed by atoms with Crippen molar-refractivity contribution in [3.8, 4) is 0 Å². The zero-order valence-corrected chi connectivity index (χ0v) is 31.9. The summed E-state index contributed by atoms with van der Waals surface area (Å²) >= 11 is 0. The van der Waals surface area contributed by atoms with Crippen LogP contribution < -0.4 is 11.1 Å². The molecule has 0 amide bonds. The zero-order valence-electron chi connectivity index (χ0n) is 31.9. The van der Waals surface area contributed by atoms with E-state index in [1.54, 1.807) is 11.1 Å². The van der Waals surface area contributed by atoms with Crippen LogP contribution in [0.2, 0.25) is 0 Å². The van der Waals surface area contributed by atoms with Crippen LogP contribution in [-0.4, -0.2) is 12.1 Å². The quantitative estimate of drug-likeness (QED) is 0.310. The first-order valence-electron chi connectivity index (χ1n) is 22.5. The minimum Gasteiger partial charge on any atom is -0.402 e. The normalized spacial score (nSPS) is 43.3. The molecule has 274 valence electrons. The summed E-state index contributed by atoms with van der Waals surface area (Å²) in [6.07, 6.45) is 43.6. The molecule has 0 aromatic heterocycles. The van der Waals surface area contributed by atoms with Crippen molar-refractivity contribution < 1.29 is 0 Å². The minimum atomic E-state index is 0.186. The van der Waals surface area contributed by atoms with Crippen molar-refractivity contribution in [1.82, 2.24) is 5.32 Å². The van der Waals surface area contributed by atoms with E-state index in [9.17, 15) is 0 Å². The van der Waals surface area contributed by atoms with Crippen LogP contribution >= 0.6 is 0 Å². The third-order valence-electron chi connectivity index (χ3n) is 17.5. The number of nitrogens with two attached hydrogens (primary N) is 1. The first kappa shape index (κ1) is 32.8. The van der Waals surface area contributed by atoms with Crippen LogP contribution in [-0.2, 0) is 5.41 Å². The molecular weight excluding hydrogens is 629 g/mol. The molecule has 10 aliphatic carbocycles. The van der Waals surface area contributed by atoms with Gasteiger partial charge in [0.05, 0.1) is 0 Å². The van der Waals surface area contributed by atoms with Crippen LogP contribution in [0.1, 0.15) is 152 Å². The second kappa shape index (κ2) is 12.7. The van der Waals surface area contributed by atoms with Crippen LogP contribution in [0.4, 0.5) is 0 Å². The second-order valence-electron chi connectivity index (χ2n) is 19.4. The molecule has 11 atom stereocenters. The summed E-state index contributed by atoms with van der Waals surface area (Å²) in [5, 5.41) is 4.53. The van der Waals surface area contributed by atoms with Gasteiger partial charge in [-0.3, -0.25) is 0 Å². The van der Waals surface area contributed by atoms with Gasteiger partial charge in [-0.25, -0.2) is 0 Å². The summed E-state index contributed by atoms with van der Waals surface area (Å²) in [5.74, 6) is 5.11. The molecular formula is C50H64N2. The molecule has 0 bridgehead atoms. The maximum Gasteiger partial charge on any atom is 0.0376 e. The highest BCUT2D eigenvalue weighted by atomic mass is 15.0. The predicted molar refractivity (Wildman–Crippen MR) is 215 cm³/mol. The fourth-order valence-electron chi connectivity index (χ4n) is 16.0. The topological polar surface area (TPSA) is 38.0 Å². The summed E-state index contributed by atoms with van der Waals surface area (Å²) < 4.78 is 0. The molecule has 0 heterocycles. The molecule has 10 aliphatic rings. The number of fused-ring (bicyclic) bond motifs is 14. The number of hydrogen-bond donors (Lipinski definition) is 2. The first-order chi connectivity index (χ1) is 25.7. The van der Waals surface area contributed by atoms with Crippen molar-refractivity contribution >= 4 is 0 Å². The monoisotopic (exact) mass is 693 g/mol. The standard InChI is InChI=1S/C50H64N2/c51-33-15-13-14-32(30-33)35-16-5-12-27-48(35)52-34-28-29-46-47(31-34)50(42-23-8-3-19-38(42)39-20-4-9-24-43(39)50)45-26-11-10-25-44(45)49(46)40-21-6-1-17-36(40)37-18-2-7-22-41(37)49/h1,3,5-6,12,17,19,21,24,30,32,34-35,37,39,41,44-45,48,52H,2,4,7-11,13-16,18,20,22-23,25-29,31,51H2. The Morgan fingerprint density at radius 3 is 2.46 bits per heavy atom. The van der Waals surface area contributed by atoms with Crippen LogP contribution in [0.25, 0.3) is 0 Å². The van der Waals surface area contributed by atoms with E-state index < -0.39 is 0 Å². The molecule has 0 saturated heterocycles. The van der Waals surface area contributed by atoms with Gasteiger partial charge in [0, 0.05) is 34.5 Å². The van der Waals surface area contributed by atoms with E-state index in [2.05, 4.69) is 66.0 Å². The van der Waals surface area contributed by atoms with Crippen molar-refractivity contribution in [2.45, 2.75) is 158 Å². The first-order valence-corrected chi connectivity index (χ1v) is 22.5. The highest BCUT2D eigenvalue weighted by Gasteiger charge is 2.69. The van der Waals surface area contributed by atoms with Crippen molar-refractivity contribution in [2.24, 2.45) is 46.7 Å². The minimum absolute atomic E-state index is 0.186. The molecule has 1 aromatic carbocycles. The largest absolute Gasteiger partial charge is 0.402 e. The lowest BCUT2D eigenvalue weighted by Gasteiger charge is -2.64. The average Bonchev–Trinajstić information content (AvgIpc) is 3.66. The number of rotatable bonds is 3. The maximum absolute atomic E-state index is 6.50. The Bertz CT molecular complexity index is 1800. The molecule has 0 radical (unpaired) electrons. The van der Waals surface area contributed by atoms with Crippen molar-refractivity contribution in [2.75, 3.05) is 0 Å². The predicted octanol–water partition coefficient (Wildman–Crippen LogP) is 11.8. The van der Waals surface area contributed by atoms with E-state index in [-0.39, 0.29) is 10.8 Å². The molecule has 2 nitrogen and oxygen atoms in total. The Kier molecular flexibility index (Phi) is 8.04. The van der Waals surface area contributed by atoms with Crippen LogP contribution in [0.5, 0.6) is 0 Å². The lowest BCUT2D eigenvalue weighted by atomic mass is 9.39. The zero-order chi connectivity index (χ0) is 34.4. The molecule has 11 unspecified atom stereocenters. The SMILES string of the molecule is NC1=CC(C2CC=CCC2NC2CCC3=C(C2)C2(C4=CCCCC4C4=C2CCC=C4)C2CCCCC2C32c3ccccc3C3CCCCC32)CCC1. The van der Waals surface area contributed by atoms with Crippen LogP contribution in [0.3, 0.4) is 0 Å². The third-order valence-corrected chi connectivity index (χ3v) is 17.5. The highest BCUT2D eigenvalue weighted by Crippen LogP contribution is 2.77. The molecule has 2 spiro atoms. The number of allylic oxidation sites excluding steroid dienone is 10. The van der Waals surface area contributed by atoms with Crippen molar-refractivity contribution in [3.05, 3.63) is 105 Å². The van der Waals surface area contributed by atoms with Gasteiger partial charge in [0.15, 0.2) is 0 Å². The Morgan fingerprint density at radius 1 is 0.692 bits per heavy atom. The van der Waals surface area contributed by atoms with Crippen molar-refractivity contribution in [1.29, 1.82) is 0 Å². The molecule has 0 aliphatic heterocycles. The highest BCUT2D eigenvalue weighted by molar-refractivity contribution is 5.65. The number of benzene rings is 1. The van der Waals surface area contributed by atoms with Gasteiger partial charge in [0.1, 0.15) is 0 Å². The van der Waals surface area contributed by atoms with Gasteiger partial charge in [-0.1, -0.05) is 109 Å². The van der Waals surface area contributed by atoms with E-state index in [0.717, 1.165) is 35.8 Å². The smallest absolute Gasteiger partial charge is 0.0376 e. The number of hydrogen-bond acceptors (Lipinski definition) is 2. The van der Waals surface area contributed by atoms with Gasteiger partial charge in [-0.15, -0.1) is 0 Å². The second-order valence-corrected chi connectivity index (χ2v) is 19.4. The van der Waals surface area contributed by atoms with Gasteiger partial charge < -0.3 is 11.1 Å². The van der Waals surface area contributed by atoms with E-state index in [1.165, 1.54) is 128 Å². The van der Waals surface area contributed by atoms with Gasteiger partial charge >= 0.3 is 0 Å². The van der Waals surface area contributed by atoms with E-state index >= 15 is 0 Å². The maximum atomic E-state index is 6.50. The Labute approximate surface area is 314 Å².